The number of hydrogen-bond donors (Lipinski definition) is 1. The Hall–Kier alpha value is -2.40. The fourth-order valence-corrected chi connectivity index (χ4v) is 4.29. The van der Waals surface area contributed by atoms with Crippen LogP contribution < -0.4 is 4.74 Å². The summed E-state index contributed by atoms with van der Waals surface area (Å²) in [5, 5.41) is 12.0. The molecular formula is C20H22N2O3. The number of aromatic nitrogens is 1. The van der Waals surface area contributed by atoms with Gasteiger partial charge >= 0.3 is 0 Å². The standard InChI is InChI=1S/C20H22N2O3/c1-3-12-11-22-18(8-13(12)9-19(22)23)20(24)15-6-7-21-17-5-4-14(25-2)10-16(15)17/h3-7,10,12-13,18,20,24H,1,8-9,11H2,2H3/t12-,13+,18+,20-/m0/s1. The Kier molecular flexibility index (Phi) is 3.96. The highest BCUT2D eigenvalue weighted by molar-refractivity contribution is 5.84. The molecule has 0 spiro atoms. The Labute approximate surface area is 146 Å². The van der Waals surface area contributed by atoms with E-state index in [9.17, 15) is 9.90 Å². The van der Waals surface area contributed by atoms with Crippen LogP contribution in [-0.2, 0) is 4.79 Å². The molecule has 4 heterocycles. The lowest BCUT2D eigenvalue weighted by molar-refractivity contribution is -0.151. The SMILES string of the molecule is C=C[C@H]1CN2C(=O)C[C@H]1C[C@@H]2[C@@H](O)c1ccnc2ccc(OC)cc12. The van der Waals surface area contributed by atoms with Crippen molar-refractivity contribution in [3.05, 3.63) is 48.7 Å². The molecule has 0 radical (unpaired) electrons. The summed E-state index contributed by atoms with van der Waals surface area (Å²) in [6, 6.07) is 7.28. The van der Waals surface area contributed by atoms with Crippen LogP contribution in [0.2, 0.25) is 0 Å². The Morgan fingerprint density at radius 2 is 2.28 bits per heavy atom. The van der Waals surface area contributed by atoms with Crippen LogP contribution in [0.1, 0.15) is 24.5 Å². The maximum absolute atomic E-state index is 12.4. The number of pyridine rings is 1. The molecule has 1 aromatic heterocycles. The second-order valence-corrected chi connectivity index (χ2v) is 6.94. The smallest absolute Gasteiger partial charge is 0.223 e. The first-order chi connectivity index (χ1) is 12.1. The number of fused-ring (bicyclic) bond motifs is 4. The molecule has 0 aliphatic carbocycles. The van der Waals surface area contributed by atoms with Crippen LogP contribution >= 0.6 is 0 Å². The monoisotopic (exact) mass is 338 g/mol. The molecule has 0 saturated carbocycles. The molecule has 25 heavy (non-hydrogen) atoms. The van der Waals surface area contributed by atoms with Crippen molar-refractivity contribution in [1.29, 1.82) is 0 Å². The first-order valence-electron chi connectivity index (χ1n) is 8.65. The third-order valence-electron chi connectivity index (χ3n) is 5.68. The van der Waals surface area contributed by atoms with Crippen LogP contribution in [0.25, 0.3) is 10.9 Å². The molecule has 2 bridgehead atoms. The minimum absolute atomic E-state index is 0.134. The van der Waals surface area contributed by atoms with E-state index in [1.54, 1.807) is 13.3 Å². The van der Waals surface area contributed by atoms with Crippen molar-refractivity contribution in [3.8, 4) is 5.75 Å². The molecule has 5 rings (SSSR count). The van der Waals surface area contributed by atoms with Gasteiger partial charge in [-0.15, -0.1) is 6.58 Å². The molecule has 4 atom stereocenters. The zero-order valence-corrected chi connectivity index (χ0v) is 14.3. The first-order valence-corrected chi connectivity index (χ1v) is 8.65. The van der Waals surface area contributed by atoms with E-state index in [0.717, 1.165) is 28.6 Å². The predicted molar refractivity (Wildman–Crippen MR) is 95.2 cm³/mol. The van der Waals surface area contributed by atoms with Gasteiger partial charge in [0.2, 0.25) is 5.91 Å². The Morgan fingerprint density at radius 1 is 1.44 bits per heavy atom. The molecule has 0 unspecified atom stereocenters. The van der Waals surface area contributed by atoms with Gasteiger partial charge in [0.15, 0.2) is 0 Å². The highest BCUT2D eigenvalue weighted by atomic mass is 16.5. The fourth-order valence-electron chi connectivity index (χ4n) is 4.29. The third kappa shape index (κ3) is 2.59. The minimum Gasteiger partial charge on any atom is -0.497 e. The van der Waals surface area contributed by atoms with Gasteiger partial charge in [-0.2, -0.15) is 0 Å². The maximum Gasteiger partial charge on any atom is 0.223 e. The number of aliphatic hydroxyl groups excluding tert-OH is 1. The fraction of sp³-hybridized carbons (Fsp3) is 0.400. The van der Waals surface area contributed by atoms with Gasteiger partial charge in [0.25, 0.3) is 0 Å². The van der Waals surface area contributed by atoms with Gasteiger partial charge in [-0.05, 0) is 48.1 Å². The van der Waals surface area contributed by atoms with E-state index in [1.165, 1.54) is 0 Å². The third-order valence-corrected chi connectivity index (χ3v) is 5.68. The van der Waals surface area contributed by atoms with Crippen molar-refractivity contribution < 1.29 is 14.6 Å². The van der Waals surface area contributed by atoms with Crippen molar-refractivity contribution in [2.24, 2.45) is 11.8 Å². The molecular weight excluding hydrogens is 316 g/mol. The normalized spacial score (nSPS) is 26.7. The lowest BCUT2D eigenvalue weighted by Crippen LogP contribution is -2.57. The van der Waals surface area contributed by atoms with E-state index in [2.05, 4.69) is 11.6 Å². The summed E-state index contributed by atoms with van der Waals surface area (Å²) in [6.07, 6.45) is 4.27. The van der Waals surface area contributed by atoms with Crippen LogP contribution in [0.5, 0.6) is 5.75 Å². The number of piperidine rings is 3. The van der Waals surface area contributed by atoms with Gasteiger partial charge in [-0.3, -0.25) is 9.78 Å². The van der Waals surface area contributed by atoms with E-state index in [1.807, 2.05) is 35.2 Å². The lowest BCUT2D eigenvalue weighted by atomic mass is 9.73. The molecule has 5 nitrogen and oxygen atoms in total. The number of nitrogens with zero attached hydrogens (tertiary/aromatic N) is 2. The summed E-state index contributed by atoms with van der Waals surface area (Å²) in [6.45, 7) is 4.55. The molecule has 3 fully saturated rings. The molecule has 1 aromatic carbocycles. The Balaban J connectivity index is 1.72. The van der Waals surface area contributed by atoms with E-state index in [4.69, 9.17) is 4.74 Å². The molecule has 130 valence electrons. The van der Waals surface area contributed by atoms with Crippen LogP contribution in [0.3, 0.4) is 0 Å². The highest BCUT2D eigenvalue weighted by Crippen LogP contribution is 2.42. The molecule has 5 heteroatoms. The average molecular weight is 338 g/mol. The van der Waals surface area contributed by atoms with Crippen LogP contribution in [-0.4, -0.2) is 40.6 Å². The summed E-state index contributed by atoms with van der Waals surface area (Å²) in [7, 11) is 1.62. The summed E-state index contributed by atoms with van der Waals surface area (Å²) in [5.74, 6) is 1.46. The number of ether oxygens (including phenoxy) is 1. The van der Waals surface area contributed by atoms with E-state index in [-0.39, 0.29) is 17.9 Å². The average Bonchev–Trinajstić information content (AvgIpc) is 2.66. The second-order valence-electron chi connectivity index (χ2n) is 6.94. The van der Waals surface area contributed by atoms with Crippen molar-refractivity contribution in [2.45, 2.75) is 25.0 Å². The number of rotatable bonds is 4. The van der Waals surface area contributed by atoms with E-state index in [0.29, 0.717) is 18.9 Å². The number of carbonyl (C=O) groups is 1. The molecule has 3 aliphatic rings. The topological polar surface area (TPSA) is 62.7 Å². The predicted octanol–water partition coefficient (Wildman–Crippen LogP) is 2.70. The molecule has 3 aliphatic heterocycles. The van der Waals surface area contributed by atoms with Crippen LogP contribution in [0, 0.1) is 11.8 Å². The van der Waals surface area contributed by atoms with E-state index < -0.39 is 6.10 Å². The van der Waals surface area contributed by atoms with Gasteiger partial charge in [-0.1, -0.05) is 6.08 Å². The minimum atomic E-state index is -0.741. The van der Waals surface area contributed by atoms with E-state index >= 15 is 0 Å². The number of hydrogen-bond acceptors (Lipinski definition) is 4. The van der Waals surface area contributed by atoms with Crippen LogP contribution in [0.4, 0.5) is 0 Å². The number of amides is 1. The summed E-state index contributed by atoms with van der Waals surface area (Å²) in [5.41, 5.74) is 1.60. The van der Waals surface area contributed by atoms with Crippen molar-refractivity contribution in [1.82, 2.24) is 9.88 Å². The number of benzene rings is 1. The molecule has 1 N–H and O–H groups in total. The first kappa shape index (κ1) is 16.1. The number of carbonyl (C=O) groups excluding carboxylic acids is 1. The molecule has 2 aromatic rings. The lowest BCUT2D eigenvalue weighted by Gasteiger charge is -2.50. The number of methoxy groups -OCH3 is 1. The summed E-state index contributed by atoms with van der Waals surface area (Å²) in [4.78, 5) is 18.6. The van der Waals surface area contributed by atoms with Gasteiger partial charge in [0.1, 0.15) is 11.9 Å². The Bertz CT molecular complexity index is 835. The largest absolute Gasteiger partial charge is 0.497 e. The maximum atomic E-state index is 12.4. The van der Waals surface area contributed by atoms with Crippen molar-refractivity contribution >= 4 is 16.8 Å². The van der Waals surface area contributed by atoms with Crippen molar-refractivity contribution in [3.63, 3.8) is 0 Å². The van der Waals surface area contributed by atoms with Gasteiger partial charge in [-0.25, -0.2) is 0 Å². The quantitative estimate of drug-likeness (QED) is 0.871. The summed E-state index contributed by atoms with van der Waals surface area (Å²) >= 11 is 0. The molecule has 3 saturated heterocycles. The number of aliphatic hydroxyl groups is 1. The summed E-state index contributed by atoms with van der Waals surface area (Å²) < 4.78 is 5.31. The zero-order valence-electron chi connectivity index (χ0n) is 14.3. The van der Waals surface area contributed by atoms with Gasteiger partial charge in [0, 0.05) is 24.5 Å². The molecule has 1 amide bonds. The second kappa shape index (κ2) is 6.15. The highest BCUT2D eigenvalue weighted by Gasteiger charge is 2.46. The van der Waals surface area contributed by atoms with Gasteiger partial charge in [0.05, 0.1) is 18.7 Å². The van der Waals surface area contributed by atoms with Crippen molar-refractivity contribution in [2.75, 3.05) is 13.7 Å². The van der Waals surface area contributed by atoms with Crippen LogP contribution in [0.15, 0.2) is 43.1 Å². The zero-order chi connectivity index (χ0) is 17.6. The Morgan fingerprint density at radius 3 is 3.00 bits per heavy atom. The van der Waals surface area contributed by atoms with Gasteiger partial charge < -0.3 is 14.7 Å².